The number of halogens is 2. The van der Waals surface area contributed by atoms with Crippen molar-refractivity contribution in [3.63, 3.8) is 0 Å². The summed E-state index contributed by atoms with van der Waals surface area (Å²) in [7, 11) is 0. The van der Waals surface area contributed by atoms with Crippen LogP contribution in [0.1, 0.15) is 21.5 Å². The SMILES string of the molecule is Cc1cc(Cl)c(C)c2c(Cl)c(-c3ccc(-c4ccc(C(=O)O)cc4)[nH]3)oc12. The van der Waals surface area contributed by atoms with Gasteiger partial charge in [-0.15, -0.1) is 0 Å². The van der Waals surface area contributed by atoms with Crippen LogP contribution in [0.2, 0.25) is 10.0 Å². The summed E-state index contributed by atoms with van der Waals surface area (Å²) >= 11 is 12.9. The van der Waals surface area contributed by atoms with Crippen molar-refractivity contribution in [2.75, 3.05) is 0 Å². The van der Waals surface area contributed by atoms with Crippen LogP contribution >= 0.6 is 23.2 Å². The van der Waals surface area contributed by atoms with E-state index in [0.717, 1.165) is 39.0 Å². The number of aromatic nitrogens is 1. The predicted molar refractivity (Wildman–Crippen MR) is 108 cm³/mol. The first-order chi connectivity index (χ1) is 12.9. The van der Waals surface area contributed by atoms with Gasteiger partial charge in [-0.1, -0.05) is 35.3 Å². The molecule has 0 radical (unpaired) electrons. The Morgan fingerprint density at radius 1 is 1.04 bits per heavy atom. The Labute approximate surface area is 165 Å². The van der Waals surface area contributed by atoms with Crippen molar-refractivity contribution in [3.8, 4) is 22.7 Å². The fourth-order valence-electron chi connectivity index (χ4n) is 3.17. The Morgan fingerprint density at radius 2 is 1.70 bits per heavy atom. The zero-order chi connectivity index (χ0) is 19.3. The third-order valence-corrected chi connectivity index (χ3v) is 5.41. The minimum Gasteiger partial charge on any atom is -0.478 e. The third kappa shape index (κ3) is 2.91. The topological polar surface area (TPSA) is 66.2 Å². The van der Waals surface area contributed by atoms with Gasteiger partial charge in [0.2, 0.25) is 0 Å². The largest absolute Gasteiger partial charge is 0.478 e. The highest BCUT2D eigenvalue weighted by atomic mass is 35.5. The molecule has 0 amide bonds. The van der Waals surface area contributed by atoms with Gasteiger partial charge in [-0.25, -0.2) is 4.79 Å². The van der Waals surface area contributed by atoms with E-state index in [1.807, 2.05) is 32.0 Å². The van der Waals surface area contributed by atoms with Gasteiger partial charge in [-0.05, 0) is 60.9 Å². The van der Waals surface area contributed by atoms with E-state index in [1.165, 1.54) is 0 Å². The van der Waals surface area contributed by atoms with Crippen LogP contribution in [-0.4, -0.2) is 16.1 Å². The highest BCUT2D eigenvalue weighted by Crippen LogP contribution is 2.42. The maximum Gasteiger partial charge on any atom is 0.335 e. The van der Waals surface area contributed by atoms with E-state index < -0.39 is 5.97 Å². The van der Waals surface area contributed by atoms with Gasteiger partial charge in [0.05, 0.1) is 16.3 Å². The number of rotatable bonds is 3. The minimum atomic E-state index is -0.952. The highest BCUT2D eigenvalue weighted by Gasteiger charge is 2.20. The maximum atomic E-state index is 11.0. The lowest BCUT2D eigenvalue weighted by atomic mass is 10.1. The molecule has 2 heterocycles. The maximum absolute atomic E-state index is 11.0. The zero-order valence-corrected chi connectivity index (χ0v) is 16.1. The van der Waals surface area contributed by atoms with E-state index in [1.54, 1.807) is 24.3 Å². The Bertz CT molecular complexity index is 1190. The number of H-pyrrole nitrogens is 1. The second kappa shape index (κ2) is 6.48. The van der Waals surface area contributed by atoms with Crippen molar-refractivity contribution in [3.05, 3.63) is 69.2 Å². The molecule has 0 bridgehead atoms. The summed E-state index contributed by atoms with van der Waals surface area (Å²) in [5.74, 6) is -0.402. The number of fused-ring (bicyclic) bond motifs is 1. The summed E-state index contributed by atoms with van der Waals surface area (Å²) in [5, 5.41) is 11.0. The lowest BCUT2D eigenvalue weighted by Crippen LogP contribution is -1.94. The van der Waals surface area contributed by atoms with Gasteiger partial charge in [0, 0.05) is 16.1 Å². The van der Waals surface area contributed by atoms with Gasteiger partial charge in [0.15, 0.2) is 5.76 Å². The number of furan rings is 1. The van der Waals surface area contributed by atoms with Gasteiger partial charge in [0.1, 0.15) is 5.58 Å². The highest BCUT2D eigenvalue weighted by molar-refractivity contribution is 6.39. The van der Waals surface area contributed by atoms with Crippen LogP contribution in [-0.2, 0) is 0 Å². The summed E-state index contributed by atoms with van der Waals surface area (Å²) in [6.45, 7) is 3.85. The average Bonchev–Trinajstić information content (AvgIpc) is 3.25. The van der Waals surface area contributed by atoms with Crippen LogP contribution in [0, 0.1) is 13.8 Å². The van der Waals surface area contributed by atoms with Crippen molar-refractivity contribution in [1.82, 2.24) is 4.98 Å². The molecule has 4 rings (SSSR count). The van der Waals surface area contributed by atoms with E-state index >= 15 is 0 Å². The number of benzene rings is 2. The van der Waals surface area contributed by atoms with E-state index in [2.05, 4.69) is 4.98 Å². The van der Waals surface area contributed by atoms with Gasteiger partial charge in [-0.2, -0.15) is 0 Å². The van der Waals surface area contributed by atoms with Gasteiger partial charge < -0.3 is 14.5 Å². The van der Waals surface area contributed by atoms with Crippen molar-refractivity contribution in [1.29, 1.82) is 0 Å². The molecular weight excluding hydrogens is 385 g/mol. The van der Waals surface area contributed by atoms with E-state index in [4.69, 9.17) is 32.7 Å². The summed E-state index contributed by atoms with van der Waals surface area (Å²) in [6.07, 6.45) is 0. The van der Waals surface area contributed by atoms with Gasteiger partial charge >= 0.3 is 5.97 Å². The molecule has 0 spiro atoms. The number of aryl methyl sites for hydroxylation is 2. The summed E-state index contributed by atoms with van der Waals surface area (Å²) in [5.41, 5.74) is 5.22. The number of aromatic carboxylic acids is 1. The number of carboxylic acids is 1. The number of aromatic amines is 1. The standard InChI is InChI=1S/C21H15Cl2NO3/c1-10-9-14(22)11(2)17-18(23)20(27-19(10)17)16-8-7-15(24-16)12-3-5-13(6-4-12)21(25)26/h3-9,24H,1-2H3,(H,25,26). The Hall–Kier alpha value is -2.69. The van der Waals surface area contributed by atoms with Gasteiger partial charge in [0.25, 0.3) is 0 Å². The molecule has 4 nitrogen and oxygen atoms in total. The number of carbonyl (C=O) groups is 1. The normalized spacial score (nSPS) is 11.3. The van der Waals surface area contributed by atoms with E-state index in [0.29, 0.717) is 15.8 Å². The first-order valence-electron chi connectivity index (χ1n) is 8.27. The fraction of sp³-hybridized carbons (Fsp3) is 0.0952. The molecule has 136 valence electrons. The van der Waals surface area contributed by atoms with Gasteiger partial charge in [-0.3, -0.25) is 0 Å². The molecule has 6 heteroatoms. The molecule has 0 aliphatic rings. The molecule has 27 heavy (non-hydrogen) atoms. The third-order valence-electron chi connectivity index (χ3n) is 4.66. The van der Waals surface area contributed by atoms with Crippen LogP contribution in [0.5, 0.6) is 0 Å². The Balaban J connectivity index is 1.80. The van der Waals surface area contributed by atoms with Crippen molar-refractivity contribution in [2.45, 2.75) is 13.8 Å². The molecule has 2 N–H and O–H groups in total. The predicted octanol–water partition coefficient (Wildman–Crippen LogP) is 6.72. The molecule has 0 atom stereocenters. The fourth-order valence-corrected chi connectivity index (χ4v) is 3.79. The minimum absolute atomic E-state index is 0.244. The first kappa shape index (κ1) is 17.7. The van der Waals surface area contributed by atoms with Crippen LogP contribution in [0.15, 0.2) is 46.9 Å². The molecule has 2 aromatic heterocycles. The quantitative estimate of drug-likeness (QED) is 0.401. The number of nitrogens with one attached hydrogen (secondary N) is 1. The number of hydrogen-bond acceptors (Lipinski definition) is 2. The van der Waals surface area contributed by atoms with Crippen LogP contribution in [0.25, 0.3) is 33.7 Å². The molecule has 0 fully saturated rings. The monoisotopic (exact) mass is 399 g/mol. The summed E-state index contributed by atoms with van der Waals surface area (Å²) in [4.78, 5) is 14.3. The molecule has 0 saturated carbocycles. The van der Waals surface area contributed by atoms with Crippen molar-refractivity contribution in [2.24, 2.45) is 0 Å². The van der Waals surface area contributed by atoms with Crippen LogP contribution in [0.4, 0.5) is 0 Å². The van der Waals surface area contributed by atoms with E-state index in [9.17, 15) is 4.79 Å². The lowest BCUT2D eigenvalue weighted by Gasteiger charge is -2.01. The molecule has 0 unspecified atom stereocenters. The molecule has 4 aromatic rings. The molecular formula is C21H15Cl2NO3. The van der Waals surface area contributed by atoms with Crippen LogP contribution < -0.4 is 0 Å². The number of hydrogen-bond donors (Lipinski definition) is 2. The smallest absolute Gasteiger partial charge is 0.335 e. The second-order valence-electron chi connectivity index (χ2n) is 6.42. The molecule has 2 aromatic carbocycles. The Morgan fingerprint density at radius 3 is 2.37 bits per heavy atom. The van der Waals surface area contributed by atoms with E-state index in [-0.39, 0.29) is 5.56 Å². The zero-order valence-electron chi connectivity index (χ0n) is 14.6. The van der Waals surface area contributed by atoms with Crippen molar-refractivity contribution >= 4 is 40.1 Å². The summed E-state index contributed by atoms with van der Waals surface area (Å²) in [6, 6.07) is 12.3. The summed E-state index contributed by atoms with van der Waals surface area (Å²) < 4.78 is 6.05. The second-order valence-corrected chi connectivity index (χ2v) is 7.20. The van der Waals surface area contributed by atoms with Crippen LogP contribution in [0.3, 0.4) is 0 Å². The lowest BCUT2D eigenvalue weighted by molar-refractivity contribution is 0.0697. The number of carboxylic acid groups (broad SMARTS) is 1. The Kier molecular flexibility index (Phi) is 4.25. The molecule has 0 aliphatic carbocycles. The molecule has 0 saturated heterocycles. The average molecular weight is 400 g/mol. The molecule has 0 aliphatic heterocycles. The first-order valence-corrected chi connectivity index (χ1v) is 9.03. The van der Waals surface area contributed by atoms with Crippen molar-refractivity contribution < 1.29 is 14.3 Å².